The average Bonchev–Trinajstić information content (AvgIpc) is 2.78. The first kappa shape index (κ1) is 23.0. The Kier molecular flexibility index (Phi) is 8.22. The zero-order valence-electron chi connectivity index (χ0n) is 17.4. The number of ether oxygens (including phenoxy) is 2. The topological polar surface area (TPSA) is 93.9 Å². The van der Waals surface area contributed by atoms with Crippen LogP contribution in [0.25, 0.3) is 0 Å². The Morgan fingerprint density at radius 2 is 2.06 bits per heavy atom. The van der Waals surface area contributed by atoms with Crippen LogP contribution in [-0.4, -0.2) is 55.2 Å². The van der Waals surface area contributed by atoms with Gasteiger partial charge in [-0.25, -0.2) is 0 Å². The molecule has 1 aliphatic heterocycles. The first-order valence-corrected chi connectivity index (χ1v) is 10.5. The van der Waals surface area contributed by atoms with Crippen LogP contribution in [0.2, 0.25) is 5.02 Å². The lowest BCUT2D eigenvalue weighted by Crippen LogP contribution is -2.38. The minimum atomic E-state index is -0.555. The summed E-state index contributed by atoms with van der Waals surface area (Å²) in [5.41, 5.74) is 0.909. The molecule has 31 heavy (non-hydrogen) atoms. The molecule has 3 rings (SSSR count). The predicted octanol–water partition coefficient (Wildman–Crippen LogP) is 3.67. The van der Waals surface area contributed by atoms with E-state index in [0.29, 0.717) is 12.6 Å². The number of rotatable bonds is 9. The first-order valence-electron chi connectivity index (χ1n) is 10.2. The number of carbonyl (C=O) groups excluding carboxylic acids is 1. The van der Waals surface area contributed by atoms with Crippen molar-refractivity contribution in [2.45, 2.75) is 25.4 Å². The Morgan fingerprint density at radius 3 is 2.77 bits per heavy atom. The van der Waals surface area contributed by atoms with Crippen molar-refractivity contribution in [3.05, 3.63) is 68.7 Å². The molecule has 0 spiro atoms. The minimum Gasteiger partial charge on any atom is -0.492 e. The van der Waals surface area contributed by atoms with E-state index in [1.807, 2.05) is 24.3 Å². The number of hydrogen-bond donors (Lipinski definition) is 1. The van der Waals surface area contributed by atoms with Gasteiger partial charge in [0.15, 0.2) is 0 Å². The lowest BCUT2D eigenvalue weighted by Gasteiger charge is -2.31. The van der Waals surface area contributed by atoms with Crippen LogP contribution in [0.1, 0.15) is 28.8 Å². The number of amides is 1. The highest BCUT2D eigenvalue weighted by molar-refractivity contribution is 6.34. The molecule has 166 valence electrons. The van der Waals surface area contributed by atoms with Gasteiger partial charge in [0.25, 0.3) is 11.6 Å². The predicted molar refractivity (Wildman–Crippen MR) is 118 cm³/mol. The number of nitrogens with one attached hydrogen (secondary N) is 1. The highest BCUT2D eigenvalue weighted by Crippen LogP contribution is 2.22. The van der Waals surface area contributed by atoms with E-state index in [1.165, 1.54) is 18.2 Å². The number of nitrogens with zero attached hydrogens (tertiary/aromatic N) is 2. The summed E-state index contributed by atoms with van der Waals surface area (Å²) in [6.07, 6.45) is 2.09. The first-order chi connectivity index (χ1) is 14.9. The number of non-ortho nitro benzene ring substituents is 1. The highest BCUT2D eigenvalue weighted by atomic mass is 35.5. The molecule has 0 saturated carbocycles. The van der Waals surface area contributed by atoms with E-state index in [2.05, 4.69) is 17.3 Å². The average molecular weight is 448 g/mol. The van der Waals surface area contributed by atoms with Gasteiger partial charge in [-0.1, -0.05) is 23.7 Å². The maximum Gasteiger partial charge on any atom is 0.270 e. The largest absolute Gasteiger partial charge is 0.492 e. The third-order valence-electron chi connectivity index (χ3n) is 5.29. The van der Waals surface area contributed by atoms with Crippen molar-refractivity contribution in [2.75, 3.05) is 33.4 Å². The molecule has 1 N–H and O–H groups in total. The fourth-order valence-corrected chi connectivity index (χ4v) is 3.70. The molecule has 9 heteroatoms. The van der Waals surface area contributed by atoms with Gasteiger partial charge in [-0.3, -0.25) is 19.8 Å². The van der Waals surface area contributed by atoms with Gasteiger partial charge in [-0.2, -0.15) is 0 Å². The van der Waals surface area contributed by atoms with Crippen molar-refractivity contribution >= 4 is 23.2 Å². The van der Waals surface area contributed by atoms with Crippen molar-refractivity contribution in [1.29, 1.82) is 0 Å². The summed E-state index contributed by atoms with van der Waals surface area (Å²) in [5.74, 6) is 0.338. The van der Waals surface area contributed by atoms with Gasteiger partial charge >= 0.3 is 0 Å². The van der Waals surface area contributed by atoms with E-state index in [-0.39, 0.29) is 22.8 Å². The number of benzene rings is 2. The van der Waals surface area contributed by atoms with Crippen LogP contribution >= 0.6 is 11.6 Å². The summed E-state index contributed by atoms with van der Waals surface area (Å²) in [6.45, 7) is 3.31. The zero-order chi connectivity index (χ0) is 22.2. The fraction of sp³-hybridized carbons (Fsp3) is 0.409. The van der Waals surface area contributed by atoms with Crippen LogP contribution in [0.3, 0.4) is 0 Å². The molecule has 0 aliphatic carbocycles. The number of carbonyl (C=O) groups is 1. The maximum atomic E-state index is 12.4. The van der Waals surface area contributed by atoms with E-state index in [0.717, 1.165) is 43.9 Å². The van der Waals surface area contributed by atoms with Gasteiger partial charge in [-0.05, 0) is 43.7 Å². The van der Waals surface area contributed by atoms with Crippen LogP contribution in [0.5, 0.6) is 5.75 Å². The number of likely N-dealkylation sites (N-methyl/N-ethyl adjacent to an activating group) is 1. The number of hydrogen-bond acceptors (Lipinski definition) is 6. The van der Waals surface area contributed by atoms with E-state index in [9.17, 15) is 14.9 Å². The summed E-state index contributed by atoms with van der Waals surface area (Å²) in [7, 11) is 2.11. The summed E-state index contributed by atoms with van der Waals surface area (Å²) in [6, 6.07) is 11.8. The molecule has 2 aromatic carbocycles. The maximum absolute atomic E-state index is 12.4. The highest BCUT2D eigenvalue weighted by Gasteiger charge is 2.18. The molecule has 0 bridgehead atoms. The second-order valence-electron chi connectivity index (χ2n) is 7.42. The molecule has 8 nitrogen and oxygen atoms in total. The van der Waals surface area contributed by atoms with Gasteiger partial charge in [0.2, 0.25) is 0 Å². The summed E-state index contributed by atoms with van der Waals surface area (Å²) < 4.78 is 11.3. The monoisotopic (exact) mass is 447 g/mol. The molecule has 0 radical (unpaired) electrons. The Balaban J connectivity index is 1.49. The SMILES string of the molecule is CN(CCOc1cccc(CNC(=O)c2ccc([N+](=O)[O-])cc2Cl)c1)C1CCOCC1. The lowest BCUT2D eigenvalue weighted by atomic mass is 10.1. The zero-order valence-corrected chi connectivity index (χ0v) is 18.1. The quantitative estimate of drug-likeness (QED) is 0.465. The molecule has 1 saturated heterocycles. The molecule has 2 aromatic rings. The van der Waals surface area contributed by atoms with Crippen molar-refractivity contribution in [3.63, 3.8) is 0 Å². The van der Waals surface area contributed by atoms with Crippen LogP contribution < -0.4 is 10.1 Å². The third kappa shape index (κ3) is 6.65. The van der Waals surface area contributed by atoms with Gasteiger partial charge < -0.3 is 14.8 Å². The Morgan fingerprint density at radius 1 is 1.29 bits per heavy atom. The van der Waals surface area contributed by atoms with Gasteiger partial charge in [0.05, 0.1) is 15.5 Å². The second kappa shape index (κ2) is 11.1. The number of nitro groups is 1. The van der Waals surface area contributed by atoms with E-state index in [4.69, 9.17) is 21.1 Å². The molecular formula is C22H26ClN3O5. The van der Waals surface area contributed by atoms with Gasteiger partial charge in [0, 0.05) is 44.5 Å². The Hall–Kier alpha value is -2.68. The van der Waals surface area contributed by atoms with Crippen LogP contribution in [0, 0.1) is 10.1 Å². The Labute approximate surface area is 186 Å². The van der Waals surface area contributed by atoms with Crippen LogP contribution in [0.4, 0.5) is 5.69 Å². The Bertz CT molecular complexity index is 918. The molecule has 1 amide bonds. The van der Waals surface area contributed by atoms with Gasteiger partial charge in [0.1, 0.15) is 12.4 Å². The molecule has 0 unspecified atom stereocenters. The molecular weight excluding hydrogens is 422 g/mol. The molecule has 0 atom stereocenters. The smallest absolute Gasteiger partial charge is 0.270 e. The summed E-state index contributed by atoms with van der Waals surface area (Å²) in [4.78, 5) is 24.9. The van der Waals surface area contributed by atoms with Crippen LogP contribution in [-0.2, 0) is 11.3 Å². The van der Waals surface area contributed by atoms with E-state index in [1.54, 1.807) is 0 Å². The number of halogens is 1. The standard InChI is InChI=1S/C22H26ClN3O5/c1-25(17-7-10-30-11-8-17)9-12-31-19-4-2-3-16(13-19)15-24-22(27)20-6-5-18(26(28)29)14-21(20)23/h2-6,13-14,17H,7-12,15H2,1H3,(H,24,27). The number of nitro benzene ring substituents is 1. The fourth-order valence-electron chi connectivity index (χ4n) is 3.44. The van der Waals surface area contributed by atoms with Crippen molar-refractivity contribution < 1.29 is 19.2 Å². The summed E-state index contributed by atoms with van der Waals surface area (Å²) in [5, 5.41) is 13.6. The van der Waals surface area contributed by atoms with E-state index < -0.39 is 10.8 Å². The van der Waals surface area contributed by atoms with Gasteiger partial charge in [-0.15, -0.1) is 0 Å². The minimum absolute atomic E-state index is 0.0393. The van der Waals surface area contributed by atoms with E-state index >= 15 is 0 Å². The molecule has 0 aromatic heterocycles. The second-order valence-corrected chi connectivity index (χ2v) is 7.83. The molecule has 1 fully saturated rings. The van der Waals surface area contributed by atoms with Crippen molar-refractivity contribution in [3.8, 4) is 5.75 Å². The summed E-state index contributed by atoms with van der Waals surface area (Å²) >= 11 is 6.02. The third-order valence-corrected chi connectivity index (χ3v) is 5.60. The normalized spacial score (nSPS) is 14.4. The lowest BCUT2D eigenvalue weighted by molar-refractivity contribution is -0.384. The van der Waals surface area contributed by atoms with Crippen molar-refractivity contribution in [1.82, 2.24) is 10.2 Å². The van der Waals surface area contributed by atoms with Crippen LogP contribution in [0.15, 0.2) is 42.5 Å². The molecule has 1 heterocycles. The van der Waals surface area contributed by atoms with Crippen molar-refractivity contribution in [2.24, 2.45) is 0 Å². The molecule has 1 aliphatic rings.